The van der Waals surface area contributed by atoms with Gasteiger partial charge in [0.2, 0.25) is 0 Å². The predicted octanol–water partition coefficient (Wildman–Crippen LogP) is 2.75. The summed E-state index contributed by atoms with van der Waals surface area (Å²) in [5.41, 5.74) is 5.80. The number of nitrogens with one attached hydrogen (secondary N) is 1. The van der Waals surface area contributed by atoms with Crippen LogP contribution >= 0.6 is 24.0 Å². The van der Waals surface area contributed by atoms with E-state index < -0.39 is 0 Å². The molecule has 0 radical (unpaired) electrons. The molecule has 3 nitrogen and oxygen atoms in total. The zero-order valence-electron chi connectivity index (χ0n) is 10.5. The molecule has 1 rings (SSSR count). The Kier molecular flexibility index (Phi) is 9.07. The zero-order chi connectivity index (χ0) is 11.1. The molecule has 0 saturated heterocycles. The smallest absolute Gasteiger partial charge is 0.188 e. The van der Waals surface area contributed by atoms with E-state index in [0.29, 0.717) is 11.9 Å². The van der Waals surface area contributed by atoms with Crippen LogP contribution < -0.4 is 11.1 Å². The van der Waals surface area contributed by atoms with Crippen LogP contribution in [0.2, 0.25) is 0 Å². The lowest BCUT2D eigenvalue weighted by atomic mass is 9.85. The Labute approximate surface area is 117 Å². The summed E-state index contributed by atoms with van der Waals surface area (Å²) in [6.07, 6.45) is 6.47. The fourth-order valence-corrected chi connectivity index (χ4v) is 1.78. The molecular weight excluding hydrogens is 313 g/mol. The first-order chi connectivity index (χ1) is 7.26. The molecule has 0 atom stereocenters. The van der Waals surface area contributed by atoms with Gasteiger partial charge in [0.25, 0.3) is 0 Å². The topological polar surface area (TPSA) is 50.4 Å². The van der Waals surface area contributed by atoms with E-state index in [1.54, 1.807) is 0 Å². The summed E-state index contributed by atoms with van der Waals surface area (Å²) in [5, 5.41) is 3.22. The van der Waals surface area contributed by atoms with Crippen LogP contribution in [0.3, 0.4) is 0 Å². The van der Waals surface area contributed by atoms with Crippen molar-refractivity contribution in [3.8, 4) is 0 Å². The quantitative estimate of drug-likeness (QED) is 0.444. The number of hydrogen-bond acceptors (Lipinski definition) is 1. The second kappa shape index (κ2) is 9.07. The number of nitrogens with zero attached hydrogens (tertiary/aromatic N) is 1. The molecule has 1 fully saturated rings. The van der Waals surface area contributed by atoms with Crippen LogP contribution in [0.25, 0.3) is 0 Å². The van der Waals surface area contributed by atoms with Gasteiger partial charge in [-0.25, -0.2) is 0 Å². The Morgan fingerprint density at radius 3 is 2.44 bits per heavy atom. The van der Waals surface area contributed by atoms with Crippen LogP contribution in [0.1, 0.15) is 46.0 Å². The number of hydrogen-bond donors (Lipinski definition) is 2. The highest BCUT2D eigenvalue weighted by atomic mass is 127. The fraction of sp³-hybridized carbons (Fsp3) is 0.917. The Morgan fingerprint density at radius 2 is 2.00 bits per heavy atom. The minimum atomic E-state index is 0. The Balaban J connectivity index is 0.00000225. The maximum atomic E-state index is 5.80. The van der Waals surface area contributed by atoms with E-state index in [-0.39, 0.29) is 24.0 Å². The first kappa shape index (κ1) is 16.0. The van der Waals surface area contributed by atoms with Crippen LogP contribution in [0.4, 0.5) is 0 Å². The highest BCUT2D eigenvalue weighted by Crippen LogP contribution is 2.24. The number of guanidine groups is 1. The average Bonchev–Trinajstić information content (AvgIpc) is 2.17. The molecule has 1 aliphatic carbocycles. The van der Waals surface area contributed by atoms with Gasteiger partial charge >= 0.3 is 0 Å². The van der Waals surface area contributed by atoms with Crippen molar-refractivity contribution >= 4 is 29.9 Å². The normalized spacial score (nSPS) is 16.8. The molecule has 0 aromatic rings. The molecule has 0 aliphatic heterocycles. The first-order valence-electron chi connectivity index (χ1n) is 6.30. The standard InChI is InChI=1S/C12H25N3.HI/c1-3-10(4-2)8-14-12(13)15-9-11-6-5-7-11;/h10-11H,3-9H2,1-2H3,(H3,13,14,15);1H. The van der Waals surface area contributed by atoms with Gasteiger partial charge in [-0.1, -0.05) is 33.1 Å². The van der Waals surface area contributed by atoms with Crippen LogP contribution in [0.15, 0.2) is 4.99 Å². The molecule has 0 spiro atoms. The highest BCUT2D eigenvalue weighted by Gasteiger charge is 2.16. The molecule has 1 aliphatic rings. The summed E-state index contributed by atoms with van der Waals surface area (Å²) in [5.74, 6) is 2.16. The van der Waals surface area contributed by atoms with Crippen molar-refractivity contribution in [1.29, 1.82) is 0 Å². The Bertz CT molecular complexity index is 198. The van der Waals surface area contributed by atoms with Gasteiger partial charge in [0.1, 0.15) is 0 Å². The predicted molar refractivity (Wildman–Crippen MR) is 81.3 cm³/mol. The van der Waals surface area contributed by atoms with Crippen LogP contribution in [0, 0.1) is 11.8 Å². The van der Waals surface area contributed by atoms with Crippen molar-refractivity contribution in [2.24, 2.45) is 22.6 Å². The summed E-state index contributed by atoms with van der Waals surface area (Å²) < 4.78 is 0. The average molecular weight is 339 g/mol. The lowest BCUT2D eigenvalue weighted by Crippen LogP contribution is -2.37. The van der Waals surface area contributed by atoms with Gasteiger partial charge in [0.15, 0.2) is 5.96 Å². The first-order valence-corrected chi connectivity index (χ1v) is 6.30. The molecule has 0 aromatic carbocycles. The van der Waals surface area contributed by atoms with Gasteiger partial charge in [-0.2, -0.15) is 0 Å². The summed E-state index contributed by atoms with van der Waals surface area (Å²) in [7, 11) is 0. The van der Waals surface area contributed by atoms with Gasteiger partial charge in [-0.15, -0.1) is 24.0 Å². The zero-order valence-corrected chi connectivity index (χ0v) is 12.9. The second-order valence-corrected chi connectivity index (χ2v) is 4.59. The van der Waals surface area contributed by atoms with Gasteiger partial charge in [0, 0.05) is 13.1 Å². The summed E-state index contributed by atoms with van der Waals surface area (Å²) in [4.78, 5) is 4.38. The van der Waals surface area contributed by atoms with Gasteiger partial charge < -0.3 is 11.1 Å². The molecule has 1 saturated carbocycles. The lowest BCUT2D eigenvalue weighted by Gasteiger charge is -2.25. The molecule has 3 N–H and O–H groups in total. The van der Waals surface area contributed by atoms with E-state index in [1.807, 2.05) is 0 Å². The van der Waals surface area contributed by atoms with Crippen LogP contribution in [-0.4, -0.2) is 19.0 Å². The number of halogens is 1. The molecule has 96 valence electrons. The summed E-state index contributed by atoms with van der Waals surface area (Å²) in [6.45, 7) is 6.30. The maximum absolute atomic E-state index is 5.80. The molecule has 0 heterocycles. The van der Waals surface area contributed by atoms with E-state index in [2.05, 4.69) is 24.2 Å². The summed E-state index contributed by atoms with van der Waals surface area (Å²) >= 11 is 0. The molecule has 16 heavy (non-hydrogen) atoms. The van der Waals surface area contributed by atoms with Gasteiger partial charge in [0.05, 0.1) is 0 Å². The van der Waals surface area contributed by atoms with Crippen LogP contribution in [0.5, 0.6) is 0 Å². The molecule has 0 aromatic heterocycles. The second-order valence-electron chi connectivity index (χ2n) is 4.59. The van der Waals surface area contributed by atoms with Crippen molar-refractivity contribution in [3.05, 3.63) is 0 Å². The largest absolute Gasteiger partial charge is 0.370 e. The Morgan fingerprint density at radius 1 is 1.38 bits per heavy atom. The maximum Gasteiger partial charge on any atom is 0.188 e. The van der Waals surface area contributed by atoms with Crippen molar-refractivity contribution in [2.45, 2.75) is 46.0 Å². The van der Waals surface area contributed by atoms with E-state index in [1.165, 1.54) is 32.1 Å². The fourth-order valence-electron chi connectivity index (χ4n) is 1.78. The molecule has 0 bridgehead atoms. The third-order valence-electron chi connectivity index (χ3n) is 3.47. The lowest BCUT2D eigenvalue weighted by molar-refractivity contribution is 0.315. The minimum Gasteiger partial charge on any atom is -0.370 e. The Hall–Kier alpha value is 0. The third kappa shape index (κ3) is 5.92. The number of rotatable bonds is 6. The van der Waals surface area contributed by atoms with E-state index in [4.69, 9.17) is 5.73 Å². The SMILES string of the molecule is CCC(CC)CN=C(N)NCC1CCC1.I. The van der Waals surface area contributed by atoms with Gasteiger partial charge in [-0.3, -0.25) is 4.99 Å². The summed E-state index contributed by atoms with van der Waals surface area (Å²) in [6, 6.07) is 0. The number of nitrogens with two attached hydrogens (primary N) is 1. The molecule has 4 heteroatoms. The number of aliphatic imine (C=N–C) groups is 1. The molecule has 0 amide bonds. The van der Waals surface area contributed by atoms with Crippen molar-refractivity contribution in [3.63, 3.8) is 0 Å². The highest BCUT2D eigenvalue weighted by molar-refractivity contribution is 14.0. The minimum absolute atomic E-state index is 0. The monoisotopic (exact) mass is 339 g/mol. The van der Waals surface area contributed by atoms with E-state index in [9.17, 15) is 0 Å². The van der Waals surface area contributed by atoms with Crippen molar-refractivity contribution in [1.82, 2.24) is 5.32 Å². The third-order valence-corrected chi connectivity index (χ3v) is 3.47. The van der Waals surface area contributed by atoms with Gasteiger partial charge in [-0.05, 0) is 24.7 Å². The van der Waals surface area contributed by atoms with Crippen molar-refractivity contribution < 1.29 is 0 Å². The molecule has 0 unspecified atom stereocenters. The van der Waals surface area contributed by atoms with Crippen molar-refractivity contribution in [2.75, 3.05) is 13.1 Å². The van der Waals surface area contributed by atoms with E-state index in [0.717, 1.165) is 19.0 Å². The molecular formula is C12H26IN3. The van der Waals surface area contributed by atoms with E-state index >= 15 is 0 Å². The van der Waals surface area contributed by atoms with Crippen LogP contribution in [-0.2, 0) is 0 Å².